The minimum absolute atomic E-state index is 0.0996. The highest BCUT2D eigenvalue weighted by Gasteiger charge is 2.37. The van der Waals surface area contributed by atoms with Gasteiger partial charge in [0.25, 0.3) is 5.03 Å². The molecule has 2 fully saturated rings. The van der Waals surface area contributed by atoms with Crippen molar-refractivity contribution in [2.45, 2.75) is 58.5 Å². The lowest BCUT2D eigenvalue weighted by Gasteiger charge is -2.38. The molecule has 4 aromatic rings. The number of anilines is 2. The number of Topliss-reactive ketones (excluding diaryl/α,β-unsaturated/α-hetero) is 1. The van der Waals surface area contributed by atoms with E-state index in [2.05, 4.69) is 57.6 Å². The van der Waals surface area contributed by atoms with Gasteiger partial charge in [0, 0.05) is 44.7 Å². The highest BCUT2D eigenvalue weighted by Crippen LogP contribution is 2.34. The number of aromatic nitrogens is 1. The highest BCUT2D eigenvalue weighted by molar-refractivity contribution is 7.97. The Labute approximate surface area is 329 Å². The second kappa shape index (κ2) is 19.6. The van der Waals surface area contributed by atoms with Crippen molar-refractivity contribution in [1.29, 1.82) is 0 Å². The molecule has 1 atom stereocenters. The highest BCUT2D eigenvalue weighted by atomic mass is 32.2. The van der Waals surface area contributed by atoms with Crippen LogP contribution in [-0.4, -0.2) is 94.2 Å². The maximum absolute atomic E-state index is 14.2. The van der Waals surface area contributed by atoms with E-state index in [-0.39, 0.29) is 12.0 Å². The molecule has 1 aliphatic heterocycles. The number of carbonyl (C=O) groups is 1. The van der Waals surface area contributed by atoms with Crippen LogP contribution in [0.3, 0.4) is 0 Å². The van der Waals surface area contributed by atoms with Crippen molar-refractivity contribution >= 4 is 38.3 Å². The van der Waals surface area contributed by atoms with Gasteiger partial charge in [0.1, 0.15) is 34.0 Å². The number of nitrogens with one attached hydrogen (secondary N) is 1. The topological polar surface area (TPSA) is 133 Å². The van der Waals surface area contributed by atoms with Crippen molar-refractivity contribution in [2.75, 3.05) is 64.3 Å². The summed E-state index contributed by atoms with van der Waals surface area (Å²) in [5.41, 5.74) is -4.52. The number of ketones is 1. The van der Waals surface area contributed by atoms with Crippen molar-refractivity contribution in [3.05, 3.63) is 91.0 Å². The number of hydrogen-bond acceptors (Lipinski definition) is 11. The molecule has 1 aromatic heterocycles. The second-order valence-corrected chi connectivity index (χ2v) is 16.7. The summed E-state index contributed by atoms with van der Waals surface area (Å²) in [4.78, 5) is 26.4. The van der Waals surface area contributed by atoms with Crippen LogP contribution in [0.25, 0.3) is 0 Å². The maximum atomic E-state index is 14.2. The lowest BCUT2D eigenvalue weighted by Crippen LogP contribution is -2.52. The zero-order valence-corrected chi connectivity index (χ0v) is 33.2. The van der Waals surface area contributed by atoms with Gasteiger partial charge >= 0.3 is 5.51 Å². The van der Waals surface area contributed by atoms with Crippen molar-refractivity contribution in [3.63, 3.8) is 0 Å². The van der Waals surface area contributed by atoms with Gasteiger partial charge < -0.3 is 29.0 Å². The summed E-state index contributed by atoms with van der Waals surface area (Å²) in [6, 6.07) is 30.4. The summed E-state index contributed by atoms with van der Waals surface area (Å²) in [6.07, 6.45) is 5.42. The SMILES string of the molecule is COc1ccc([S+](c2ccc(OC)cc2)c2cccc(NC(CN3CCN(c4ccccc4OC)CC3)C(=O)C3CCCCC3)n2)cc1.O=S(=O)([O-])C(F)(F)F. The normalized spacial score (nSPS) is 16.0. The van der Waals surface area contributed by atoms with E-state index in [1.165, 1.54) is 6.42 Å². The van der Waals surface area contributed by atoms with Crippen LogP contribution in [0, 0.1) is 5.92 Å². The molecule has 11 nitrogen and oxygen atoms in total. The molecule has 1 aliphatic carbocycles. The van der Waals surface area contributed by atoms with Gasteiger partial charge in [-0.3, -0.25) is 9.69 Å². The molecular formula is C40H47F3N4O7S2. The van der Waals surface area contributed by atoms with Crippen molar-refractivity contribution in [1.82, 2.24) is 9.88 Å². The Balaban J connectivity index is 0.000000677. The average molecular weight is 817 g/mol. The first-order valence-corrected chi connectivity index (χ1v) is 20.9. The molecule has 0 spiro atoms. The fourth-order valence-corrected chi connectivity index (χ4v) is 8.76. The number of halogens is 3. The molecule has 0 bridgehead atoms. The standard InChI is InChI=1S/C39H47N4O4S.CHF3O3S/c1-45-30-16-20-32(21-17-30)48(33-22-18-31(46-2)19-23-33)38-15-9-14-37(41-38)40-34(39(44)29-10-5-4-6-11-29)28-42-24-26-43(27-25-42)35-12-7-8-13-36(35)47-3;2-1(3,4)8(5,6)7/h7-9,12-23,29,34H,4-6,10-11,24-28H2,1-3H3,(H,40,41);(H,5,6,7)/q+1;/p-1. The van der Waals surface area contributed by atoms with Crippen molar-refractivity contribution < 1.29 is 45.1 Å². The largest absolute Gasteiger partial charge is 0.741 e. The third kappa shape index (κ3) is 11.3. The Morgan fingerprint density at radius 2 is 1.38 bits per heavy atom. The Hall–Kier alpha value is -4.51. The number of alkyl halides is 3. The third-order valence-corrected chi connectivity index (χ3v) is 12.4. The summed E-state index contributed by atoms with van der Waals surface area (Å²) in [6.45, 7) is 4.17. The Bertz CT molecular complexity index is 1930. The lowest BCUT2D eigenvalue weighted by molar-refractivity contribution is -0.125. The summed E-state index contributed by atoms with van der Waals surface area (Å²) in [7, 11) is -1.48. The molecule has 56 heavy (non-hydrogen) atoms. The molecule has 1 N–H and O–H groups in total. The number of hydrogen-bond donors (Lipinski definition) is 1. The number of methoxy groups -OCH3 is 3. The Morgan fingerprint density at radius 3 is 1.89 bits per heavy atom. The lowest BCUT2D eigenvalue weighted by atomic mass is 9.83. The van der Waals surface area contributed by atoms with E-state index in [4.69, 9.17) is 32.2 Å². The summed E-state index contributed by atoms with van der Waals surface area (Å²) >= 11 is 0. The monoisotopic (exact) mass is 816 g/mol. The molecule has 6 rings (SSSR count). The van der Waals surface area contributed by atoms with Gasteiger partial charge in [-0.1, -0.05) is 37.5 Å². The molecule has 302 valence electrons. The van der Waals surface area contributed by atoms with Gasteiger partial charge in [-0.15, -0.1) is 0 Å². The molecule has 2 aliphatic rings. The smallest absolute Gasteiger partial charge is 0.485 e. The van der Waals surface area contributed by atoms with Crippen LogP contribution in [0.5, 0.6) is 17.2 Å². The van der Waals surface area contributed by atoms with Crippen LogP contribution < -0.4 is 24.4 Å². The van der Waals surface area contributed by atoms with Gasteiger partial charge in [0.05, 0.1) is 33.1 Å². The van der Waals surface area contributed by atoms with E-state index in [9.17, 15) is 18.0 Å². The van der Waals surface area contributed by atoms with E-state index in [0.717, 1.165) is 95.4 Å². The van der Waals surface area contributed by atoms with Crippen molar-refractivity contribution in [3.8, 4) is 17.2 Å². The van der Waals surface area contributed by atoms with E-state index < -0.39 is 26.5 Å². The first kappa shape index (κ1) is 42.6. The molecule has 1 saturated heterocycles. The number of pyridine rings is 1. The van der Waals surface area contributed by atoms with Crippen molar-refractivity contribution in [2.24, 2.45) is 5.92 Å². The van der Waals surface area contributed by atoms with Gasteiger partial charge in [-0.2, -0.15) is 18.2 Å². The number of nitrogens with zero attached hydrogens (tertiary/aromatic N) is 3. The zero-order valence-electron chi connectivity index (χ0n) is 31.5. The number of ether oxygens (including phenoxy) is 3. The Morgan fingerprint density at radius 1 is 0.821 bits per heavy atom. The fraction of sp³-hybridized carbons (Fsp3) is 0.400. The third-order valence-electron chi connectivity index (χ3n) is 9.72. The number of carbonyl (C=O) groups excluding carboxylic acids is 1. The minimum Gasteiger partial charge on any atom is -0.741 e. The number of piperazine rings is 1. The zero-order chi connectivity index (χ0) is 40.3. The van der Waals surface area contributed by atoms with Crippen LogP contribution >= 0.6 is 0 Å². The fourth-order valence-electron chi connectivity index (χ4n) is 6.79. The first-order valence-electron chi connectivity index (χ1n) is 18.2. The number of benzene rings is 3. The van der Waals surface area contributed by atoms with Gasteiger partial charge in [-0.05, 0) is 79.6 Å². The molecular weight excluding hydrogens is 770 g/mol. The maximum Gasteiger partial charge on any atom is 0.485 e. The molecule has 0 radical (unpaired) electrons. The predicted molar refractivity (Wildman–Crippen MR) is 209 cm³/mol. The molecule has 3 aromatic carbocycles. The average Bonchev–Trinajstić information content (AvgIpc) is 3.21. The van der Waals surface area contributed by atoms with Crippen LogP contribution in [0.1, 0.15) is 32.1 Å². The summed E-state index contributed by atoms with van der Waals surface area (Å²) in [5, 5.41) is 4.58. The molecule has 0 amide bonds. The second-order valence-electron chi connectivity index (χ2n) is 13.3. The molecule has 2 heterocycles. The van der Waals surface area contributed by atoms with E-state index in [1.54, 1.807) is 21.3 Å². The quantitative estimate of drug-likeness (QED) is 0.0850. The van der Waals surface area contributed by atoms with Gasteiger partial charge in [0.15, 0.2) is 25.7 Å². The van der Waals surface area contributed by atoms with Crippen LogP contribution in [0.2, 0.25) is 0 Å². The number of rotatable bonds is 13. The van der Waals surface area contributed by atoms with Crippen LogP contribution in [0.4, 0.5) is 24.7 Å². The van der Waals surface area contributed by atoms with E-state index in [0.29, 0.717) is 12.3 Å². The van der Waals surface area contributed by atoms with Crippen LogP contribution in [-0.2, 0) is 25.8 Å². The summed E-state index contributed by atoms with van der Waals surface area (Å²) < 4.78 is 75.4. The number of para-hydroxylation sites is 2. The molecule has 1 unspecified atom stereocenters. The molecule has 16 heteroatoms. The summed E-state index contributed by atoms with van der Waals surface area (Å²) in [5.74, 6) is 3.67. The predicted octanol–water partition coefficient (Wildman–Crippen LogP) is 7.01. The Kier molecular flexibility index (Phi) is 14.9. The van der Waals surface area contributed by atoms with Gasteiger partial charge in [0.2, 0.25) is 0 Å². The first-order chi connectivity index (χ1) is 26.8. The molecule has 1 saturated carbocycles. The van der Waals surface area contributed by atoms with E-state index >= 15 is 0 Å². The van der Waals surface area contributed by atoms with Gasteiger partial charge in [-0.25, -0.2) is 8.42 Å². The van der Waals surface area contributed by atoms with E-state index in [1.807, 2.05) is 48.5 Å². The van der Waals surface area contributed by atoms with Crippen LogP contribution in [0.15, 0.2) is 106 Å². The minimum atomic E-state index is -6.09.